The highest BCUT2D eigenvalue weighted by Gasteiger charge is 2.41. The number of nitrogens with zero attached hydrogens (tertiary/aromatic N) is 2. The normalized spacial score (nSPS) is 18.3. The lowest BCUT2D eigenvalue weighted by atomic mass is 9.80. The highest BCUT2D eigenvalue weighted by atomic mass is 16.6. The average Bonchev–Trinajstić information content (AvgIpc) is 3.43. The standard InChI is InChI=1S/C35H31N3O5/c39-29-23-32(38-22-21-31(37-34(38)41)36-33(40)25-13-5-1-6-14-25)43-30(29)24-42-35(26-15-7-2-8-16-26,27-17-9-3-10-18-27)28-19-11-4-12-20-28/h1-22,29-30,32,39H,23-24H2,(H,36,37,40,41)/t29-,30+,32+/m1/s1. The van der Waals surface area contributed by atoms with E-state index in [-0.39, 0.29) is 24.8 Å². The number of rotatable bonds is 9. The Morgan fingerprint density at radius 2 is 1.35 bits per heavy atom. The average molecular weight is 574 g/mol. The molecule has 43 heavy (non-hydrogen) atoms. The molecule has 0 unspecified atom stereocenters. The van der Waals surface area contributed by atoms with Crippen LogP contribution >= 0.6 is 0 Å². The van der Waals surface area contributed by atoms with Crippen molar-refractivity contribution < 1.29 is 19.4 Å². The number of benzene rings is 4. The number of carbonyl (C=O) groups is 1. The van der Waals surface area contributed by atoms with Gasteiger partial charge in [0.25, 0.3) is 5.91 Å². The highest BCUT2D eigenvalue weighted by Crippen LogP contribution is 2.41. The minimum absolute atomic E-state index is 0.0593. The molecule has 5 aromatic rings. The van der Waals surface area contributed by atoms with Crippen LogP contribution in [0.2, 0.25) is 0 Å². The molecule has 8 heteroatoms. The monoisotopic (exact) mass is 573 g/mol. The Morgan fingerprint density at radius 1 is 0.837 bits per heavy atom. The quantitative estimate of drug-likeness (QED) is 0.237. The molecule has 3 atom stereocenters. The zero-order valence-electron chi connectivity index (χ0n) is 23.3. The summed E-state index contributed by atoms with van der Waals surface area (Å²) in [5.74, 6) is -0.236. The molecule has 1 saturated heterocycles. The van der Waals surface area contributed by atoms with Crippen LogP contribution in [-0.4, -0.2) is 39.4 Å². The topological polar surface area (TPSA) is 103 Å². The Labute approximate surface area is 249 Å². The molecule has 0 saturated carbocycles. The third-order valence-corrected chi connectivity index (χ3v) is 7.63. The van der Waals surface area contributed by atoms with Gasteiger partial charge in [-0.3, -0.25) is 9.36 Å². The van der Waals surface area contributed by atoms with Crippen molar-refractivity contribution in [1.29, 1.82) is 0 Å². The van der Waals surface area contributed by atoms with Crippen molar-refractivity contribution in [2.45, 2.75) is 30.5 Å². The lowest BCUT2D eigenvalue weighted by molar-refractivity contribution is -0.0943. The summed E-state index contributed by atoms with van der Waals surface area (Å²) in [6.45, 7) is 0.0593. The van der Waals surface area contributed by atoms with E-state index in [0.717, 1.165) is 16.7 Å². The van der Waals surface area contributed by atoms with Crippen molar-refractivity contribution in [3.8, 4) is 0 Å². The van der Waals surface area contributed by atoms with Gasteiger partial charge in [-0.1, -0.05) is 109 Å². The molecule has 0 aliphatic carbocycles. The number of nitrogens with one attached hydrogen (secondary N) is 1. The van der Waals surface area contributed by atoms with Crippen LogP contribution in [-0.2, 0) is 15.1 Å². The van der Waals surface area contributed by atoms with Crippen molar-refractivity contribution in [1.82, 2.24) is 9.55 Å². The minimum Gasteiger partial charge on any atom is -0.390 e. The summed E-state index contributed by atoms with van der Waals surface area (Å²) >= 11 is 0. The Hall–Kier alpha value is -4.89. The van der Waals surface area contributed by atoms with Gasteiger partial charge >= 0.3 is 5.69 Å². The summed E-state index contributed by atoms with van der Waals surface area (Å²) in [4.78, 5) is 29.4. The van der Waals surface area contributed by atoms with E-state index >= 15 is 0 Å². The summed E-state index contributed by atoms with van der Waals surface area (Å²) in [7, 11) is 0. The van der Waals surface area contributed by atoms with Gasteiger partial charge in [-0.05, 0) is 34.9 Å². The number of amides is 1. The fourth-order valence-electron chi connectivity index (χ4n) is 5.49. The summed E-state index contributed by atoms with van der Waals surface area (Å²) in [6.07, 6.45) is -0.639. The number of carbonyl (C=O) groups excluding carboxylic acids is 1. The molecule has 1 aliphatic heterocycles. The third-order valence-electron chi connectivity index (χ3n) is 7.63. The number of aliphatic hydroxyl groups excluding tert-OH is 1. The van der Waals surface area contributed by atoms with Gasteiger partial charge in [0.15, 0.2) is 0 Å². The number of anilines is 1. The van der Waals surface area contributed by atoms with E-state index in [4.69, 9.17) is 9.47 Å². The maximum atomic E-state index is 12.9. The van der Waals surface area contributed by atoms with E-state index in [1.807, 2.05) is 97.1 Å². The molecular formula is C35H31N3O5. The molecule has 1 aromatic heterocycles. The molecule has 8 nitrogen and oxygen atoms in total. The number of ether oxygens (including phenoxy) is 2. The Balaban J connectivity index is 1.23. The van der Waals surface area contributed by atoms with Crippen LogP contribution in [0.3, 0.4) is 0 Å². The van der Waals surface area contributed by atoms with Gasteiger partial charge in [0.2, 0.25) is 0 Å². The maximum Gasteiger partial charge on any atom is 0.351 e. The first-order chi connectivity index (χ1) is 21.0. The molecule has 0 bridgehead atoms. The lowest BCUT2D eigenvalue weighted by Gasteiger charge is -2.37. The Kier molecular flexibility index (Phi) is 8.24. The van der Waals surface area contributed by atoms with Crippen LogP contribution in [0.1, 0.15) is 39.7 Å². The van der Waals surface area contributed by atoms with Gasteiger partial charge in [-0.25, -0.2) is 4.79 Å². The second-order valence-electron chi connectivity index (χ2n) is 10.3. The number of hydrogen-bond donors (Lipinski definition) is 2. The summed E-state index contributed by atoms with van der Waals surface area (Å²) in [5.41, 5.74) is 1.69. The fourth-order valence-corrected chi connectivity index (χ4v) is 5.49. The highest BCUT2D eigenvalue weighted by molar-refractivity contribution is 6.03. The predicted molar refractivity (Wildman–Crippen MR) is 163 cm³/mol. The van der Waals surface area contributed by atoms with Gasteiger partial charge in [0.05, 0.1) is 12.7 Å². The molecule has 216 valence electrons. The van der Waals surface area contributed by atoms with Crippen LogP contribution in [0.15, 0.2) is 138 Å². The van der Waals surface area contributed by atoms with Crippen LogP contribution in [0.25, 0.3) is 0 Å². The van der Waals surface area contributed by atoms with Crippen molar-refractivity contribution in [3.63, 3.8) is 0 Å². The van der Waals surface area contributed by atoms with Crippen LogP contribution in [0, 0.1) is 0 Å². The van der Waals surface area contributed by atoms with E-state index < -0.39 is 29.7 Å². The molecule has 6 rings (SSSR count). The SMILES string of the molecule is O=C(Nc1ccn([C@@H]2C[C@@H](O)[C@H](COC(c3ccccc3)(c3ccccc3)c3ccccc3)O2)c(=O)n1)c1ccccc1. The third kappa shape index (κ3) is 5.89. The zero-order chi connectivity index (χ0) is 29.6. The van der Waals surface area contributed by atoms with Crippen LogP contribution in [0.5, 0.6) is 0 Å². The van der Waals surface area contributed by atoms with E-state index in [0.29, 0.717) is 5.56 Å². The molecule has 1 amide bonds. The molecule has 0 spiro atoms. The number of hydrogen-bond acceptors (Lipinski definition) is 6. The van der Waals surface area contributed by atoms with E-state index in [2.05, 4.69) is 10.3 Å². The molecule has 2 heterocycles. The van der Waals surface area contributed by atoms with Crippen molar-refractivity contribution in [3.05, 3.63) is 166 Å². The summed E-state index contributed by atoms with van der Waals surface area (Å²) in [6, 6.07) is 40.1. The fraction of sp³-hybridized carbons (Fsp3) is 0.171. The van der Waals surface area contributed by atoms with Gasteiger partial charge in [0.1, 0.15) is 23.8 Å². The molecule has 1 fully saturated rings. The Morgan fingerprint density at radius 3 is 1.86 bits per heavy atom. The minimum atomic E-state index is -0.970. The predicted octanol–water partition coefficient (Wildman–Crippen LogP) is 5.15. The number of aliphatic hydroxyl groups is 1. The first-order valence-corrected chi connectivity index (χ1v) is 14.1. The van der Waals surface area contributed by atoms with Crippen molar-refractivity contribution >= 4 is 11.7 Å². The second-order valence-corrected chi connectivity index (χ2v) is 10.3. The van der Waals surface area contributed by atoms with Gasteiger partial charge in [-0.2, -0.15) is 4.98 Å². The molecule has 1 aliphatic rings. The van der Waals surface area contributed by atoms with Crippen LogP contribution in [0.4, 0.5) is 5.82 Å². The van der Waals surface area contributed by atoms with E-state index in [1.54, 1.807) is 24.3 Å². The van der Waals surface area contributed by atoms with E-state index in [1.165, 1.54) is 16.8 Å². The smallest absolute Gasteiger partial charge is 0.351 e. The molecular weight excluding hydrogens is 542 g/mol. The zero-order valence-corrected chi connectivity index (χ0v) is 23.3. The second kappa shape index (κ2) is 12.5. The van der Waals surface area contributed by atoms with Gasteiger partial charge in [-0.15, -0.1) is 0 Å². The molecule has 0 radical (unpaired) electrons. The van der Waals surface area contributed by atoms with Crippen molar-refractivity contribution in [2.75, 3.05) is 11.9 Å². The number of aromatic nitrogens is 2. The Bertz CT molecular complexity index is 1620. The van der Waals surface area contributed by atoms with Crippen LogP contribution < -0.4 is 11.0 Å². The molecule has 4 aromatic carbocycles. The lowest BCUT2D eigenvalue weighted by Crippen LogP contribution is -2.38. The van der Waals surface area contributed by atoms with Crippen molar-refractivity contribution in [2.24, 2.45) is 0 Å². The summed E-state index contributed by atoms with van der Waals surface area (Å²) in [5, 5.41) is 13.7. The summed E-state index contributed by atoms with van der Waals surface area (Å²) < 4.78 is 14.3. The molecule has 2 N–H and O–H groups in total. The first-order valence-electron chi connectivity index (χ1n) is 14.1. The van der Waals surface area contributed by atoms with E-state index in [9.17, 15) is 14.7 Å². The maximum absolute atomic E-state index is 12.9. The largest absolute Gasteiger partial charge is 0.390 e. The van der Waals surface area contributed by atoms with Gasteiger partial charge < -0.3 is 19.9 Å². The first kappa shape index (κ1) is 28.2. The van der Waals surface area contributed by atoms with Gasteiger partial charge in [0, 0.05) is 18.2 Å².